The van der Waals surface area contributed by atoms with Gasteiger partial charge in [0.2, 0.25) is 0 Å². The summed E-state index contributed by atoms with van der Waals surface area (Å²) in [5.74, 6) is -0.611. The number of aliphatic hydroxyl groups excluding tert-OH is 1. The number of aromatic nitrogens is 1. The van der Waals surface area contributed by atoms with Crippen molar-refractivity contribution < 1.29 is 27.5 Å². The summed E-state index contributed by atoms with van der Waals surface area (Å²) in [4.78, 5) is 15.2. The number of carbonyl (C=O) groups excluding carboxylic acids is 1. The molecule has 1 rings (SSSR count). The molecule has 0 aliphatic rings. The molecule has 2 atom stereocenters. The van der Waals surface area contributed by atoms with Crippen LogP contribution >= 0.6 is 0 Å². The van der Waals surface area contributed by atoms with Crippen LogP contribution in [0.5, 0.6) is 0 Å². The number of amides is 1. The summed E-state index contributed by atoms with van der Waals surface area (Å²) in [5, 5.41) is 11.2. The highest BCUT2D eigenvalue weighted by Crippen LogP contribution is 2.23. The molecule has 0 bridgehead atoms. The molecular weight excluding hydrogens is 253 g/mol. The molecule has 2 N–H and O–H groups in total. The number of alkyl halides is 3. The summed E-state index contributed by atoms with van der Waals surface area (Å²) in [7, 11) is 0. The molecule has 102 valence electrons. The van der Waals surface area contributed by atoms with Crippen LogP contribution in [-0.2, 0) is 0 Å². The Bertz CT molecular complexity index is 417. The van der Waals surface area contributed by atoms with E-state index in [0.717, 1.165) is 6.39 Å². The van der Waals surface area contributed by atoms with Crippen molar-refractivity contribution in [2.45, 2.75) is 38.6 Å². The Kier molecular flexibility index (Phi) is 4.33. The fraction of sp³-hybridized carbons (Fsp3) is 0.600. The molecule has 1 heterocycles. The summed E-state index contributed by atoms with van der Waals surface area (Å²) in [6.45, 7) is 2.89. The molecule has 0 aliphatic carbocycles. The van der Waals surface area contributed by atoms with Gasteiger partial charge in [-0.2, -0.15) is 13.2 Å². The quantitative estimate of drug-likeness (QED) is 0.864. The van der Waals surface area contributed by atoms with Crippen molar-refractivity contribution in [1.82, 2.24) is 10.3 Å². The molecule has 1 aromatic heterocycles. The lowest BCUT2D eigenvalue weighted by molar-refractivity contribution is -0.211. The number of nitrogens with zero attached hydrogens (tertiary/aromatic N) is 1. The van der Waals surface area contributed by atoms with Crippen LogP contribution in [0.15, 0.2) is 10.8 Å². The Hall–Kier alpha value is -1.57. The summed E-state index contributed by atoms with van der Waals surface area (Å²) in [6.07, 6.45) is -6.44. The van der Waals surface area contributed by atoms with Crippen molar-refractivity contribution >= 4 is 5.91 Å². The van der Waals surface area contributed by atoms with Crippen LogP contribution in [0.1, 0.15) is 29.6 Å². The minimum absolute atomic E-state index is 0.0662. The second-order valence-electron chi connectivity index (χ2n) is 3.73. The number of oxazole rings is 1. The van der Waals surface area contributed by atoms with E-state index in [4.69, 9.17) is 9.52 Å². The first-order chi connectivity index (χ1) is 8.27. The van der Waals surface area contributed by atoms with Crippen LogP contribution < -0.4 is 5.32 Å². The Labute approximate surface area is 101 Å². The summed E-state index contributed by atoms with van der Waals surface area (Å²) < 4.78 is 41.7. The van der Waals surface area contributed by atoms with Crippen LogP contribution in [0.2, 0.25) is 0 Å². The van der Waals surface area contributed by atoms with Gasteiger partial charge in [0.1, 0.15) is 5.76 Å². The fourth-order valence-corrected chi connectivity index (χ4v) is 1.39. The number of aliphatic hydroxyl groups is 1. The number of aryl methyl sites for hydroxylation is 1. The van der Waals surface area contributed by atoms with Gasteiger partial charge in [-0.15, -0.1) is 0 Å². The van der Waals surface area contributed by atoms with Crippen molar-refractivity contribution in [1.29, 1.82) is 0 Å². The van der Waals surface area contributed by atoms with Gasteiger partial charge in [0.25, 0.3) is 5.91 Å². The minimum atomic E-state index is -4.78. The smallest absolute Gasteiger partial charge is 0.416 e. The first-order valence-corrected chi connectivity index (χ1v) is 5.23. The minimum Gasteiger partial charge on any atom is -0.448 e. The number of hydrogen-bond donors (Lipinski definition) is 2. The molecule has 0 aromatic carbocycles. The molecule has 1 aromatic rings. The molecule has 2 unspecified atom stereocenters. The number of halogens is 3. The van der Waals surface area contributed by atoms with Gasteiger partial charge in [0.05, 0.1) is 6.04 Å². The van der Waals surface area contributed by atoms with Crippen LogP contribution in [0, 0.1) is 6.92 Å². The van der Waals surface area contributed by atoms with Gasteiger partial charge < -0.3 is 14.8 Å². The first-order valence-electron chi connectivity index (χ1n) is 5.23. The molecular formula is C10H13F3N2O3. The van der Waals surface area contributed by atoms with E-state index in [0.29, 0.717) is 0 Å². The highest BCUT2D eigenvalue weighted by Gasteiger charge is 2.43. The molecule has 8 heteroatoms. The van der Waals surface area contributed by atoms with Gasteiger partial charge in [-0.1, -0.05) is 6.92 Å². The van der Waals surface area contributed by atoms with Gasteiger partial charge in [0, 0.05) is 0 Å². The molecule has 5 nitrogen and oxygen atoms in total. The van der Waals surface area contributed by atoms with E-state index >= 15 is 0 Å². The SMILES string of the molecule is CCC(NC(=O)c1ncoc1C)C(O)C(F)(F)F. The predicted molar refractivity (Wildman–Crippen MR) is 54.8 cm³/mol. The number of carbonyl (C=O) groups is 1. The van der Waals surface area contributed by atoms with Crippen molar-refractivity contribution in [3.8, 4) is 0 Å². The lowest BCUT2D eigenvalue weighted by Gasteiger charge is -2.24. The van der Waals surface area contributed by atoms with Crippen LogP contribution in [0.3, 0.4) is 0 Å². The van der Waals surface area contributed by atoms with E-state index in [2.05, 4.69) is 10.3 Å². The topological polar surface area (TPSA) is 75.4 Å². The Morgan fingerprint density at radius 2 is 2.22 bits per heavy atom. The molecule has 0 saturated heterocycles. The molecule has 18 heavy (non-hydrogen) atoms. The van der Waals surface area contributed by atoms with Gasteiger partial charge >= 0.3 is 6.18 Å². The zero-order valence-corrected chi connectivity index (χ0v) is 9.78. The molecule has 1 amide bonds. The second kappa shape index (κ2) is 5.38. The van der Waals surface area contributed by atoms with E-state index in [9.17, 15) is 18.0 Å². The van der Waals surface area contributed by atoms with E-state index in [1.165, 1.54) is 13.8 Å². The summed E-state index contributed by atoms with van der Waals surface area (Å²) in [6, 6.07) is -1.42. The maximum absolute atomic E-state index is 12.3. The van der Waals surface area contributed by atoms with Crippen LogP contribution in [0.4, 0.5) is 13.2 Å². The maximum Gasteiger partial charge on any atom is 0.416 e. The average Bonchev–Trinajstić information content (AvgIpc) is 2.70. The standard InChI is InChI=1S/C10H13F3N2O3/c1-3-6(8(16)10(11,12)13)15-9(17)7-5(2)18-4-14-7/h4,6,8,16H,3H2,1-2H3,(H,15,17). The highest BCUT2D eigenvalue weighted by molar-refractivity contribution is 5.93. The lowest BCUT2D eigenvalue weighted by atomic mass is 10.1. The molecule has 0 aliphatic heterocycles. The maximum atomic E-state index is 12.3. The van der Waals surface area contributed by atoms with Crippen LogP contribution in [-0.4, -0.2) is 34.3 Å². The third-order valence-electron chi connectivity index (χ3n) is 2.43. The predicted octanol–water partition coefficient (Wildman–Crippen LogP) is 1.41. The highest BCUT2D eigenvalue weighted by atomic mass is 19.4. The van der Waals surface area contributed by atoms with E-state index in [-0.39, 0.29) is 17.9 Å². The fourth-order valence-electron chi connectivity index (χ4n) is 1.39. The zero-order chi connectivity index (χ0) is 13.9. The van der Waals surface area contributed by atoms with Gasteiger partial charge in [0.15, 0.2) is 18.2 Å². The number of hydrogen-bond acceptors (Lipinski definition) is 4. The van der Waals surface area contributed by atoms with E-state index in [1.54, 1.807) is 0 Å². The van der Waals surface area contributed by atoms with Crippen molar-refractivity contribution in [2.75, 3.05) is 0 Å². The molecule has 0 saturated carbocycles. The van der Waals surface area contributed by atoms with Gasteiger partial charge in [-0.05, 0) is 13.3 Å². The lowest BCUT2D eigenvalue weighted by Crippen LogP contribution is -2.49. The second-order valence-corrected chi connectivity index (χ2v) is 3.73. The van der Waals surface area contributed by atoms with Gasteiger partial charge in [-0.25, -0.2) is 4.98 Å². The van der Waals surface area contributed by atoms with E-state index < -0.39 is 24.2 Å². The summed E-state index contributed by atoms with van der Waals surface area (Å²) >= 11 is 0. The number of nitrogens with one attached hydrogen (secondary N) is 1. The third-order valence-corrected chi connectivity index (χ3v) is 2.43. The Balaban J connectivity index is 2.76. The number of rotatable bonds is 4. The third kappa shape index (κ3) is 3.22. The van der Waals surface area contributed by atoms with Gasteiger partial charge in [-0.3, -0.25) is 4.79 Å². The molecule has 0 fully saturated rings. The average molecular weight is 266 g/mol. The normalized spacial score (nSPS) is 15.2. The monoisotopic (exact) mass is 266 g/mol. The first kappa shape index (κ1) is 14.5. The van der Waals surface area contributed by atoms with Crippen LogP contribution in [0.25, 0.3) is 0 Å². The van der Waals surface area contributed by atoms with Crippen molar-refractivity contribution in [3.05, 3.63) is 17.8 Å². The summed E-state index contributed by atoms with van der Waals surface area (Å²) in [5.41, 5.74) is -0.0946. The largest absolute Gasteiger partial charge is 0.448 e. The zero-order valence-electron chi connectivity index (χ0n) is 9.78. The van der Waals surface area contributed by atoms with Crippen molar-refractivity contribution in [3.63, 3.8) is 0 Å². The molecule has 0 spiro atoms. The molecule has 0 radical (unpaired) electrons. The van der Waals surface area contributed by atoms with E-state index in [1.807, 2.05) is 0 Å². The Morgan fingerprint density at radius 3 is 2.61 bits per heavy atom. The van der Waals surface area contributed by atoms with Crippen molar-refractivity contribution in [2.24, 2.45) is 0 Å². The Morgan fingerprint density at radius 1 is 1.61 bits per heavy atom.